The Morgan fingerprint density at radius 3 is 2.37 bits per heavy atom. The number of hydrogen-bond acceptors (Lipinski definition) is 2. The molecule has 1 saturated heterocycles. The minimum atomic E-state index is 0.214. The van der Waals surface area contributed by atoms with Crippen molar-refractivity contribution in [2.45, 2.75) is 52.9 Å². The van der Waals surface area contributed by atoms with Crippen molar-refractivity contribution in [3.8, 4) is 0 Å². The van der Waals surface area contributed by atoms with Gasteiger partial charge in [0.2, 0.25) is 5.91 Å². The number of nitrogens with one attached hydrogen (secondary N) is 2. The Kier molecular flexibility index (Phi) is 4.88. The zero-order chi connectivity index (χ0) is 13.9. The summed E-state index contributed by atoms with van der Waals surface area (Å²) in [6.07, 6.45) is 6.23. The first-order chi connectivity index (χ1) is 8.97. The van der Waals surface area contributed by atoms with Gasteiger partial charge in [-0.1, -0.05) is 20.8 Å². The van der Waals surface area contributed by atoms with Crippen LogP contribution < -0.4 is 10.6 Å². The zero-order valence-corrected chi connectivity index (χ0v) is 12.8. The monoisotopic (exact) mass is 266 g/mol. The summed E-state index contributed by atoms with van der Waals surface area (Å²) in [5, 5.41) is 6.42. The molecule has 1 saturated carbocycles. The van der Waals surface area contributed by atoms with Crippen molar-refractivity contribution in [1.82, 2.24) is 10.6 Å². The Labute approximate surface area is 117 Å². The van der Waals surface area contributed by atoms with Crippen molar-refractivity contribution in [3.63, 3.8) is 0 Å². The van der Waals surface area contributed by atoms with Crippen molar-refractivity contribution in [3.05, 3.63) is 0 Å². The first kappa shape index (κ1) is 14.8. The van der Waals surface area contributed by atoms with Gasteiger partial charge in [0.1, 0.15) is 0 Å². The molecule has 1 heterocycles. The molecule has 0 spiro atoms. The highest BCUT2D eigenvalue weighted by molar-refractivity contribution is 5.79. The lowest BCUT2D eigenvalue weighted by atomic mass is 9.70. The highest BCUT2D eigenvalue weighted by Crippen LogP contribution is 2.39. The van der Waals surface area contributed by atoms with Gasteiger partial charge in [-0.05, 0) is 55.9 Å². The van der Waals surface area contributed by atoms with Crippen LogP contribution >= 0.6 is 0 Å². The molecule has 1 aliphatic heterocycles. The summed E-state index contributed by atoms with van der Waals surface area (Å²) in [6.45, 7) is 9.82. The zero-order valence-electron chi connectivity index (χ0n) is 12.8. The van der Waals surface area contributed by atoms with Crippen LogP contribution in [0, 0.1) is 23.2 Å². The Bertz CT molecular complexity index is 294. The van der Waals surface area contributed by atoms with Crippen LogP contribution in [-0.2, 0) is 4.79 Å². The van der Waals surface area contributed by atoms with Gasteiger partial charge >= 0.3 is 0 Å². The van der Waals surface area contributed by atoms with Crippen LogP contribution in [0.1, 0.15) is 52.9 Å². The SMILES string of the molecule is CC(C)(C)C1CCC(CNC(=O)C2CCNC2)CC1. The Hall–Kier alpha value is -0.570. The van der Waals surface area contributed by atoms with Crippen molar-refractivity contribution < 1.29 is 4.79 Å². The molecule has 110 valence electrons. The van der Waals surface area contributed by atoms with E-state index < -0.39 is 0 Å². The lowest BCUT2D eigenvalue weighted by Crippen LogP contribution is -2.37. The molecule has 0 aromatic heterocycles. The molecule has 19 heavy (non-hydrogen) atoms. The first-order valence-corrected chi connectivity index (χ1v) is 7.95. The molecule has 1 aliphatic carbocycles. The van der Waals surface area contributed by atoms with Gasteiger partial charge in [0.05, 0.1) is 5.92 Å². The lowest BCUT2D eigenvalue weighted by Gasteiger charge is -2.37. The van der Waals surface area contributed by atoms with E-state index in [9.17, 15) is 4.79 Å². The van der Waals surface area contributed by atoms with Gasteiger partial charge in [-0.2, -0.15) is 0 Å². The summed E-state index contributed by atoms with van der Waals surface area (Å²) in [5.41, 5.74) is 0.448. The van der Waals surface area contributed by atoms with Crippen molar-refractivity contribution in [2.24, 2.45) is 23.2 Å². The highest BCUT2D eigenvalue weighted by Gasteiger charge is 2.30. The average Bonchev–Trinajstić information content (AvgIpc) is 2.89. The normalized spacial score (nSPS) is 32.3. The topological polar surface area (TPSA) is 41.1 Å². The van der Waals surface area contributed by atoms with Crippen LogP contribution in [0.5, 0.6) is 0 Å². The van der Waals surface area contributed by atoms with Crippen molar-refractivity contribution in [2.75, 3.05) is 19.6 Å². The molecule has 2 fully saturated rings. The van der Waals surface area contributed by atoms with E-state index in [-0.39, 0.29) is 11.8 Å². The van der Waals surface area contributed by atoms with Crippen molar-refractivity contribution in [1.29, 1.82) is 0 Å². The second-order valence-corrected chi connectivity index (χ2v) is 7.52. The fraction of sp³-hybridized carbons (Fsp3) is 0.938. The summed E-state index contributed by atoms with van der Waals surface area (Å²) in [6, 6.07) is 0. The van der Waals surface area contributed by atoms with Crippen LogP contribution in [0.4, 0.5) is 0 Å². The highest BCUT2D eigenvalue weighted by atomic mass is 16.1. The maximum atomic E-state index is 12.0. The molecule has 1 amide bonds. The number of rotatable bonds is 3. The average molecular weight is 266 g/mol. The molecule has 0 radical (unpaired) electrons. The first-order valence-electron chi connectivity index (χ1n) is 7.95. The summed E-state index contributed by atoms with van der Waals surface area (Å²) in [4.78, 5) is 12.0. The molecule has 0 bridgehead atoms. The van der Waals surface area contributed by atoms with Gasteiger partial charge in [-0.15, -0.1) is 0 Å². The van der Waals surface area contributed by atoms with E-state index in [1.807, 2.05) is 0 Å². The molecule has 2 aliphatic rings. The third kappa shape index (κ3) is 4.20. The number of carbonyl (C=O) groups is 1. The third-order valence-electron chi connectivity index (χ3n) is 5.07. The second kappa shape index (κ2) is 6.25. The van der Waals surface area contributed by atoms with E-state index in [4.69, 9.17) is 0 Å². The summed E-state index contributed by atoms with van der Waals surface area (Å²) >= 11 is 0. The van der Waals surface area contributed by atoms with E-state index in [0.717, 1.165) is 32.0 Å². The molecular formula is C16H30N2O. The fourth-order valence-corrected chi connectivity index (χ4v) is 3.50. The largest absolute Gasteiger partial charge is 0.356 e. The van der Waals surface area contributed by atoms with Gasteiger partial charge in [0.25, 0.3) is 0 Å². The molecule has 2 rings (SSSR count). The Morgan fingerprint density at radius 1 is 1.16 bits per heavy atom. The minimum absolute atomic E-state index is 0.214. The van der Waals surface area contributed by atoms with Crippen LogP contribution in [-0.4, -0.2) is 25.5 Å². The lowest BCUT2D eigenvalue weighted by molar-refractivity contribution is -0.124. The Balaban J connectivity index is 1.67. The van der Waals surface area contributed by atoms with Crippen molar-refractivity contribution >= 4 is 5.91 Å². The van der Waals surface area contributed by atoms with Crippen LogP contribution in [0.15, 0.2) is 0 Å². The smallest absolute Gasteiger partial charge is 0.224 e. The maximum Gasteiger partial charge on any atom is 0.224 e. The molecule has 2 N–H and O–H groups in total. The summed E-state index contributed by atoms with van der Waals surface area (Å²) in [7, 11) is 0. The molecule has 1 atom stereocenters. The maximum absolute atomic E-state index is 12.0. The van der Waals surface area contributed by atoms with Gasteiger partial charge < -0.3 is 10.6 Å². The quantitative estimate of drug-likeness (QED) is 0.824. The minimum Gasteiger partial charge on any atom is -0.356 e. The number of hydrogen-bond donors (Lipinski definition) is 2. The van der Waals surface area contributed by atoms with Gasteiger partial charge in [0.15, 0.2) is 0 Å². The number of carbonyl (C=O) groups excluding carboxylic acids is 1. The van der Waals surface area contributed by atoms with E-state index in [1.165, 1.54) is 25.7 Å². The van der Waals surface area contributed by atoms with Gasteiger partial charge in [-0.25, -0.2) is 0 Å². The van der Waals surface area contributed by atoms with E-state index in [0.29, 0.717) is 11.3 Å². The van der Waals surface area contributed by atoms with Crippen LogP contribution in [0.3, 0.4) is 0 Å². The molecule has 0 aromatic carbocycles. The molecule has 0 aromatic rings. The molecular weight excluding hydrogens is 236 g/mol. The molecule has 3 heteroatoms. The fourth-order valence-electron chi connectivity index (χ4n) is 3.50. The van der Waals surface area contributed by atoms with E-state index in [2.05, 4.69) is 31.4 Å². The molecule has 1 unspecified atom stereocenters. The van der Waals surface area contributed by atoms with E-state index in [1.54, 1.807) is 0 Å². The summed E-state index contributed by atoms with van der Waals surface area (Å²) in [5.74, 6) is 2.05. The Morgan fingerprint density at radius 2 is 1.84 bits per heavy atom. The molecule has 3 nitrogen and oxygen atoms in total. The second-order valence-electron chi connectivity index (χ2n) is 7.52. The standard InChI is InChI=1S/C16H30N2O/c1-16(2,3)14-6-4-12(5-7-14)10-18-15(19)13-8-9-17-11-13/h12-14,17H,4-11H2,1-3H3,(H,18,19). The van der Waals surface area contributed by atoms with Crippen LogP contribution in [0.2, 0.25) is 0 Å². The van der Waals surface area contributed by atoms with Gasteiger partial charge in [0, 0.05) is 13.1 Å². The van der Waals surface area contributed by atoms with E-state index >= 15 is 0 Å². The summed E-state index contributed by atoms with van der Waals surface area (Å²) < 4.78 is 0. The number of amides is 1. The predicted octanol–water partition coefficient (Wildman–Crippen LogP) is 2.56. The third-order valence-corrected chi connectivity index (χ3v) is 5.07. The predicted molar refractivity (Wildman–Crippen MR) is 78.9 cm³/mol. The van der Waals surface area contributed by atoms with Crippen LogP contribution in [0.25, 0.3) is 0 Å². The van der Waals surface area contributed by atoms with Gasteiger partial charge in [-0.3, -0.25) is 4.79 Å².